The molecule has 0 fully saturated rings. The predicted molar refractivity (Wildman–Crippen MR) is 258 cm³/mol. The molecule has 0 aliphatic carbocycles. The van der Waals surface area contributed by atoms with E-state index in [9.17, 15) is 41.9 Å². The Morgan fingerprint density at radius 1 is 0.847 bits per heavy atom. The Kier molecular flexibility index (Phi) is 19.9. The third-order valence-electron chi connectivity index (χ3n) is 10.7. The molecule has 2 aromatic heterocycles. The number of aromatic nitrogens is 3. The topological polar surface area (TPSA) is 234 Å². The van der Waals surface area contributed by atoms with Gasteiger partial charge in [-0.15, -0.1) is 0 Å². The van der Waals surface area contributed by atoms with Gasteiger partial charge < -0.3 is 44.3 Å². The van der Waals surface area contributed by atoms with Crippen molar-refractivity contribution in [1.82, 2.24) is 40.9 Å². The van der Waals surface area contributed by atoms with Crippen molar-refractivity contribution in [2.45, 2.75) is 136 Å². The Morgan fingerprint density at radius 3 is 2.11 bits per heavy atom. The van der Waals surface area contributed by atoms with Crippen molar-refractivity contribution >= 4 is 46.5 Å². The number of amides is 5. The smallest absolute Gasteiger partial charge is 0.410 e. The number of nitrogens with one attached hydrogen (secondary N) is 3. The van der Waals surface area contributed by atoms with Crippen LogP contribution in [0.4, 0.5) is 18.0 Å². The lowest BCUT2D eigenvalue weighted by molar-refractivity contribution is -0.163. The number of hydrogen-bond acceptors (Lipinski definition) is 14. The number of ether oxygens (including phenoxy) is 4. The van der Waals surface area contributed by atoms with Crippen molar-refractivity contribution in [3.8, 4) is 11.8 Å². The molecular formula is C50H67F3N8O11. The van der Waals surface area contributed by atoms with Gasteiger partial charge in [-0.05, 0) is 96.1 Å². The number of pyridine rings is 1. The van der Waals surface area contributed by atoms with Crippen LogP contribution >= 0.6 is 0 Å². The summed E-state index contributed by atoms with van der Waals surface area (Å²) in [6, 6.07) is 7.44. The Balaban J connectivity index is 1.70. The molecule has 22 heteroatoms. The number of benzene rings is 2. The second kappa shape index (κ2) is 24.9. The minimum absolute atomic E-state index is 0.0133. The summed E-state index contributed by atoms with van der Waals surface area (Å²) in [7, 11) is 3.75. The summed E-state index contributed by atoms with van der Waals surface area (Å²) >= 11 is 0. The largest absolute Gasteiger partial charge is 0.491 e. The Hall–Kier alpha value is -7.00. The van der Waals surface area contributed by atoms with Crippen LogP contribution in [-0.2, 0) is 41.5 Å². The number of halogens is 3. The lowest BCUT2D eigenvalue weighted by Crippen LogP contribution is -2.57. The van der Waals surface area contributed by atoms with Gasteiger partial charge >= 0.3 is 24.2 Å². The number of fused-ring (bicyclic) bond motifs is 1. The van der Waals surface area contributed by atoms with Crippen LogP contribution in [0, 0.1) is 12.8 Å². The summed E-state index contributed by atoms with van der Waals surface area (Å²) in [4.78, 5) is 93.3. The molecule has 2 aromatic carbocycles. The van der Waals surface area contributed by atoms with Crippen LogP contribution in [0.1, 0.15) is 102 Å². The highest BCUT2D eigenvalue weighted by Gasteiger charge is 2.43. The minimum Gasteiger partial charge on any atom is -0.491 e. The minimum atomic E-state index is -4.92. The molecule has 0 aliphatic heterocycles. The molecule has 2 heterocycles. The van der Waals surface area contributed by atoms with E-state index >= 15 is 0 Å². The predicted octanol–water partition coefficient (Wildman–Crippen LogP) is 6.29. The second-order valence-corrected chi connectivity index (χ2v) is 19.7. The quantitative estimate of drug-likeness (QED) is 0.0735. The fourth-order valence-electron chi connectivity index (χ4n) is 7.37. The molecule has 4 aromatic rings. The summed E-state index contributed by atoms with van der Waals surface area (Å²) in [6.45, 7) is 14.6. The normalized spacial score (nSPS) is 13.6. The summed E-state index contributed by atoms with van der Waals surface area (Å²) in [6.07, 6.45) is -6.43. The van der Waals surface area contributed by atoms with Gasteiger partial charge in [0, 0.05) is 49.7 Å². The number of esters is 1. The first kappa shape index (κ1) is 57.6. The number of methoxy groups -OCH3 is 1. The molecular weight excluding hydrogens is 946 g/mol. The van der Waals surface area contributed by atoms with Crippen molar-refractivity contribution in [1.29, 1.82) is 0 Å². The van der Waals surface area contributed by atoms with Gasteiger partial charge in [0.2, 0.25) is 23.6 Å². The maximum absolute atomic E-state index is 14.6. The molecule has 4 atom stereocenters. The molecule has 72 heavy (non-hydrogen) atoms. The SMILES string of the molecule is COc1noc(CCNC(=O)[C@H](CC(=O)OC(C)(C)C)NC(=O)c2c(OC[C@@H](Cc3ccccc3)NC(=O)[C@@H](CC(F)(F)F)N(C)C(=O)[C@H](CC(C)C)N(C)C(=O)OC(C)(C)C)ccc3cnc(C)cc23)n1. The first-order chi connectivity index (χ1) is 33.5. The fraction of sp³-hybridized carbons (Fsp3) is 0.540. The van der Waals surface area contributed by atoms with Gasteiger partial charge in [-0.2, -0.15) is 18.2 Å². The first-order valence-electron chi connectivity index (χ1n) is 23.4. The van der Waals surface area contributed by atoms with Crippen molar-refractivity contribution in [3.05, 3.63) is 77.4 Å². The zero-order valence-electron chi connectivity index (χ0n) is 42.9. The van der Waals surface area contributed by atoms with Crippen LogP contribution in [0.5, 0.6) is 11.8 Å². The average molecular weight is 1010 g/mol. The summed E-state index contributed by atoms with van der Waals surface area (Å²) in [5.74, 6) is -4.58. The van der Waals surface area contributed by atoms with Gasteiger partial charge in [0.1, 0.15) is 41.7 Å². The van der Waals surface area contributed by atoms with Gasteiger partial charge in [0.25, 0.3) is 5.91 Å². The number of carbonyl (C=O) groups is 6. The van der Waals surface area contributed by atoms with E-state index in [0.29, 0.717) is 26.9 Å². The highest BCUT2D eigenvalue weighted by atomic mass is 19.4. The highest BCUT2D eigenvalue weighted by molar-refractivity contribution is 6.10. The van der Waals surface area contributed by atoms with Gasteiger partial charge in [-0.1, -0.05) is 44.2 Å². The zero-order chi connectivity index (χ0) is 53.7. The van der Waals surface area contributed by atoms with Gasteiger partial charge in [-0.3, -0.25) is 33.9 Å². The van der Waals surface area contributed by atoms with Gasteiger partial charge in [0.05, 0.1) is 31.6 Å². The lowest BCUT2D eigenvalue weighted by atomic mass is 10.00. The van der Waals surface area contributed by atoms with Crippen LogP contribution in [0.3, 0.4) is 0 Å². The molecule has 5 amide bonds. The number of carbonyl (C=O) groups excluding carboxylic acids is 6. The standard InChI is InChI=1S/C50H67F3N8O11/c1-29(2)22-36(61(11)47(67)71-49(7,8)9)45(66)60(10)37(26-50(51,52)53)43(64)56-33(24-31-16-14-13-15-17-31)28-69-38-19-18-32-27-55-30(3)23-34(32)41(38)44(65)57-35(25-40(62)70-48(4,5)6)42(63)54-21-20-39-58-46(68-12)59-72-39/h13-19,23,27,29,33,35-37H,20-22,24-26,28H2,1-12H3,(H,54,63)(H,56,64)(H,57,65)/t33-,35+,36+,37-/m1/s1. The molecule has 19 nitrogen and oxygen atoms in total. The molecule has 0 saturated heterocycles. The third kappa shape index (κ3) is 18.0. The molecule has 394 valence electrons. The molecule has 0 spiro atoms. The van der Waals surface area contributed by atoms with Crippen LogP contribution in [0.25, 0.3) is 10.8 Å². The van der Waals surface area contributed by atoms with Crippen molar-refractivity contribution in [2.24, 2.45) is 5.92 Å². The first-order valence-corrected chi connectivity index (χ1v) is 23.4. The molecule has 0 unspecified atom stereocenters. The van der Waals surface area contributed by atoms with Gasteiger partial charge in [0.15, 0.2) is 0 Å². The zero-order valence-corrected chi connectivity index (χ0v) is 42.9. The molecule has 0 saturated carbocycles. The maximum atomic E-state index is 14.6. The number of hydrogen-bond donors (Lipinski definition) is 3. The van der Waals surface area contributed by atoms with Crippen LogP contribution in [-0.4, -0.2) is 137 Å². The Labute approximate surface area is 417 Å². The monoisotopic (exact) mass is 1010 g/mol. The van der Waals surface area contributed by atoms with E-state index < -0.39 is 96.7 Å². The van der Waals surface area contributed by atoms with E-state index in [1.54, 1.807) is 105 Å². The van der Waals surface area contributed by atoms with E-state index in [1.165, 1.54) is 26.4 Å². The fourth-order valence-corrected chi connectivity index (χ4v) is 7.37. The second-order valence-electron chi connectivity index (χ2n) is 19.7. The van der Waals surface area contributed by atoms with Crippen molar-refractivity contribution in [2.75, 3.05) is 34.4 Å². The molecule has 3 N–H and O–H groups in total. The number of aryl methyl sites for hydroxylation is 1. The summed E-state index contributed by atoms with van der Waals surface area (Å²) < 4.78 is 70.5. The Morgan fingerprint density at radius 2 is 1.51 bits per heavy atom. The van der Waals surface area contributed by atoms with Crippen LogP contribution in [0.15, 0.2) is 59.3 Å². The highest BCUT2D eigenvalue weighted by Crippen LogP contribution is 2.30. The summed E-state index contributed by atoms with van der Waals surface area (Å²) in [5.41, 5.74) is -0.802. The van der Waals surface area contributed by atoms with Gasteiger partial charge in [-0.25, -0.2) is 4.79 Å². The molecule has 0 radical (unpaired) electrons. The van der Waals surface area contributed by atoms with Crippen molar-refractivity contribution < 1.29 is 65.4 Å². The molecule has 4 rings (SSSR count). The summed E-state index contributed by atoms with van der Waals surface area (Å²) in [5, 5.41) is 12.5. The number of alkyl halides is 3. The van der Waals surface area contributed by atoms with E-state index in [0.717, 1.165) is 11.9 Å². The van der Waals surface area contributed by atoms with Crippen LogP contribution < -0.4 is 25.4 Å². The molecule has 0 aliphatic rings. The number of nitrogens with zero attached hydrogens (tertiary/aromatic N) is 5. The maximum Gasteiger partial charge on any atom is 0.410 e. The average Bonchev–Trinajstić information content (AvgIpc) is 3.74. The third-order valence-corrected chi connectivity index (χ3v) is 10.7. The van der Waals surface area contributed by atoms with Crippen LogP contribution in [0.2, 0.25) is 0 Å². The lowest BCUT2D eigenvalue weighted by Gasteiger charge is -2.36. The molecule has 0 bridgehead atoms. The number of likely N-dealkylation sites (N-methyl/N-ethyl adjacent to an activating group) is 2. The number of rotatable bonds is 22. The van der Waals surface area contributed by atoms with E-state index in [-0.39, 0.29) is 54.9 Å². The van der Waals surface area contributed by atoms with E-state index in [1.807, 2.05) is 0 Å². The Bertz CT molecular complexity index is 2510. The van der Waals surface area contributed by atoms with E-state index in [4.69, 9.17) is 23.5 Å². The van der Waals surface area contributed by atoms with Crippen molar-refractivity contribution in [3.63, 3.8) is 0 Å². The van der Waals surface area contributed by atoms with E-state index in [2.05, 4.69) is 31.1 Å².